The maximum absolute atomic E-state index is 11.8. The van der Waals surface area contributed by atoms with Crippen LogP contribution in [0.25, 0.3) is 0 Å². The largest absolute Gasteiger partial charge is 0.504 e. The fraction of sp³-hybridized carbons (Fsp3) is 0.708. The van der Waals surface area contributed by atoms with Crippen molar-refractivity contribution in [1.29, 1.82) is 0 Å². The van der Waals surface area contributed by atoms with E-state index in [0.717, 1.165) is 19.3 Å². The molecule has 4 heteroatoms. The second-order valence-electron chi connectivity index (χ2n) is 7.80. The van der Waals surface area contributed by atoms with Crippen molar-refractivity contribution in [2.75, 3.05) is 0 Å². The minimum atomic E-state index is -0.382. The monoisotopic (exact) mass is 392 g/mol. The van der Waals surface area contributed by atoms with Crippen LogP contribution in [0.5, 0.6) is 17.2 Å². The number of para-hydroxylation sites is 1. The van der Waals surface area contributed by atoms with E-state index in [4.69, 9.17) is 4.74 Å². The molecule has 2 N–H and O–H groups in total. The Balaban J connectivity index is 1.87. The van der Waals surface area contributed by atoms with Crippen molar-refractivity contribution < 1.29 is 19.7 Å². The third-order valence-corrected chi connectivity index (χ3v) is 5.19. The van der Waals surface area contributed by atoms with Gasteiger partial charge in [0.25, 0.3) is 0 Å². The van der Waals surface area contributed by atoms with Crippen LogP contribution in [0.3, 0.4) is 0 Å². The zero-order valence-electron chi connectivity index (χ0n) is 17.8. The van der Waals surface area contributed by atoms with Gasteiger partial charge in [0, 0.05) is 6.42 Å². The maximum atomic E-state index is 11.8. The molecule has 0 saturated carbocycles. The van der Waals surface area contributed by atoms with E-state index in [1.54, 1.807) is 0 Å². The molecule has 0 amide bonds. The van der Waals surface area contributed by atoms with Crippen molar-refractivity contribution in [3.8, 4) is 17.2 Å². The minimum Gasteiger partial charge on any atom is -0.504 e. The molecule has 0 unspecified atom stereocenters. The molecule has 1 aromatic carbocycles. The Morgan fingerprint density at radius 1 is 0.750 bits per heavy atom. The first-order chi connectivity index (χ1) is 13.6. The first-order valence-electron chi connectivity index (χ1n) is 11.4. The Morgan fingerprint density at radius 3 is 1.71 bits per heavy atom. The average Bonchev–Trinajstić information content (AvgIpc) is 2.68. The molecule has 4 nitrogen and oxygen atoms in total. The normalized spacial score (nSPS) is 10.9. The van der Waals surface area contributed by atoms with Crippen LogP contribution in [-0.4, -0.2) is 16.2 Å². The molecule has 1 rings (SSSR count). The van der Waals surface area contributed by atoms with E-state index in [1.165, 1.54) is 95.2 Å². The third-order valence-electron chi connectivity index (χ3n) is 5.19. The molecule has 1 aromatic rings. The Labute approximate surface area is 171 Å². The van der Waals surface area contributed by atoms with Gasteiger partial charge in [0.15, 0.2) is 11.5 Å². The van der Waals surface area contributed by atoms with Gasteiger partial charge in [-0.15, -0.1) is 0 Å². The number of phenols is 2. The molecular formula is C24H40O4. The van der Waals surface area contributed by atoms with Gasteiger partial charge in [-0.3, -0.25) is 4.79 Å². The number of carbonyl (C=O) groups excluding carboxylic acids is 1. The number of hydrogen-bond donors (Lipinski definition) is 2. The van der Waals surface area contributed by atoms with Gasteiger partial charge in [-0.2, -0.15) is 0 Å². The summed E-state index contributed by atoms with van der Waals surface area (Å²) in [5.41, 5.74) is 0. The van der Waals surface area contributed by atoms with Crippen LogP contribution < -0.4 is 4.74 Å². The Kier molecular flexibility index (Phi) is 14.1. The summed E-state index contributed by atoms with van der Waals surface area (Å²) < 4.78 is 5.10. The zero-order chi connectivity index (χ0) is 20.5. The highest BCUT2D eigenvalue weighted by molar-refractivity contribution is 5.73. The lowest BCUT2D eigenvalue weighted by molar-refractivity contribution is -0.134. The van der Waals surface area contributed by atoms with Crippen molar-refractivity contribution >= 4 is 5.97 Å². The van der Waals surface area contributed by atoms with E-state index in [9.17, 15) is 15.0 Å². The molecule has 0 spiro atoms. The first-order valence-corrected chi connectivity index (χ1v) is 11.4. The molecule has 0 atom stereocenters. The number of benzene rings is 1. The molecule has 0 bridgehead atoms. The molecule has 0 aliphatic heterocycles. The van der Waals surface area contributed by atoms with Crippen LogP contribution in [0.2, 0.25) is 0 Å². The van der Waals surface area contributed by atoms with Crippen LogP contribution in [-0.2, 0) is 4.79 Å². The number of phenolic OH excluding ortho intramolecular Hbond substituents is 2. The van der Waals surface area contributed by atoms with Crippen LogP contribution in [0.1, 0.15) is 110 Å². The smallest absolute Gasteiger partial charge is 0.311 e. The molecule has 0 heterocycles. The van der Waals surface area contributed by atoms with Crippen molar-refractivity contribution in [2.24, 2.45) is 0 Å². The summed E-state index contributed by atoms with van der Waals surface area (Å²) >= 11 is 0. The standard InChI is InChI=1S/C24H40O4/c1-2-3-4-5-6-7-8-9-10-11-12-13-14-15-16-20-23(26)28-22-19-17-18-21(25)24(22)27/h17-19,25,27H,2-16,20H2,1H3. The number of hydrogen-bond acceptors (Lipinski definition) is 4. The summed E-state index contributed by atoms with van der Waals surface area (Å²) in [5.74, 6) is -1.01. The molecule has 0 aliphatic rings. The molecule has 0 aliphatic carbocycles. The summed E-state index contributed by atoms with van der Waals surface area (Å²) in [6.07, 6.45) is 19.7. The van der Waals surface area contributed by atoms with Crippen molar-refractivity contribution in [3.63, 3.8) is 0 Å². The maximum Gasteiger partial charge on any atom is 0.311 e. The van der Waals surface area contributed by atoms with Crippen molar-refractivity contribution in [2.45, 2.75) is 110 Å². The zero-order valence-corrected chi connectivity index (χ0v) is 17.8. The summed E-state index contributed by atoms with van der Waals surface area (Å²) in [6.45, 7) is 2.26. The van der Waals surface area contributed by atoms with Crippen LogP contribution in [0, 0.1) is 0 Å². The number of esters is 1. The quantitative estimate of drug-likeness (QED) is 0.127. The highest BCUT2D eigenvalue weighted by Crippen LogP contribution is 2.34. The number of unbranched alkanes of at least 4 members (excludes halogenated alkanes) is 14. The number of ether oxygens (including phenoxy) is 1. The van der Waals surface area contributed by atoms with E-state index in [0.29, 0.717) is 6.42 Å². The molecule has 0 fully saturated rings. The van der Waals surface area contributed by atoms with Crippen LogP contribution >= 0.6 is 0 Å². The average molecular weight is 393 g/mol. The Bertz CT molecular complexity index is 527. The highest BCUT2D eigenvalue weighted by Gasteiger charge is 2.11. The fourth-order valence-corrected chi connectivity index (χ4v) is 3.41. The fourth-order valence-electron chi connectivity index (χ4n) is 3.41. The number of aromatic hydroxyl groups is 2. The van der Waals surface area contributed by atoms with E-state index >= 15 is 0 Å². The minimum absolute atomic E-state index is 0.0194. The molecule has 28 heavy (non-hydrogen) atoms. The summed E-state index contributed by atoms with van der Waals surface area (Å²) in [7, 11) is 0. The number of carbonyl (C=O) groups is 1. The van der Waals surface area contributed by atoms with Gasteiger partial charge in [-0.05, 0) is 18.6 Å². The van der Waals surface area contributed by atoms with Crippen LogP contribution in [0.4, 0.5) is 0 Å². The molecule has 0 aromatic heterocycles. The van der Waals surface area contributed by atoms with Gasteiger partial charge >= 0.3 is 5.97 Å². The molecule has 0 saturated heterocycles. The van der Waals surface area contributed by atoms with Gasteiger partial charge in [0.1, 0.15) is 0 Å². The van der Waals surface area contributed by atoms with Crippen LogP contribution in [0.15, 0.2) is 18.2 Å². The molecular weight excluding hydrogens is 352 g/mol. The SMILES string of the molecule is CCCCCCCCCCCCCCCCCC(=O)Oc1cccc(O)c1O. The summed E-state index contributed by atoms with van der Waals surface area (Å²) in [5, 5.41) is 19.0. The summed E-state index contributed by atoms with van der Waals surface area (Å²) in [4.78, 5) is 11.8. The lowest BCUT2D eigenvalue weighted by atomic mass is 10.0. The second kappa shape index (κ2) is 16.3. The topological polar surface area (TPSA) is 66.8 Å². The van der Waals surface area contributed by atoms with Gasteiger partial charge in [-0.25, -0.2) is 0 Å². The number of rotatable bonds is 17. The van der Waals surface area contributed by atoms with Gasteiger partial charge in [0.05, 0.1) is 0 Å². The van der Waals surface area contributed by atoms with Gasteiger partial charge < -0.3 is 14.9 Å². The van der Waals surface area contributed by atoms with E-state index in [-0.39, 0.29) is 23.2 Å². The lowest BCUT2D eigenvalue weighted by Gasteiger charge is -2.07. The lowest BCUT2D eigenvalue weighted by Crippen LogP contribution is -2.07. The predicted molar refractivity (Wildman–Crippen MR) is 115 cm³/mol. The van der Waals surface area contributed by atoms with Crippen molar-refractivity contribution in [1.82, 2.24) is 0 Å². The van der Waals surface area contributed by atoms with Crippen molar-refractivity contribution in [3.05, 3.63) is 18.2 Å². The molecule has 0 radical (unpaired) electrons. The molecule has 160 valence electrons. The summed E-state index contributed by atoms with van der Waals surface area (Å²) in [6, 6.07) is 4.35. The second-order valence-corrected chi connectivity index (χ2v) is 7.80. The van der Waals surface area contributed by atoms with E-state index < -0.39 is 0 Å². The van der Waals surface area contributed by atoms with Gasteiger partial charge in [0.2, 0.25) is 5.75 Å². The Hall–Kier alpha value is -1.71. The van der Waals surface area contributed by atoms with Gasteiger partial charge in [-0.1, -0.05) is 103 Å². The third kappa shape index (κ3) is 11.9. The predicted octanol–water partition coefficient (Wildman–Crippen LogP) is 7.26. The first kappa shape index (κ1) is 24.3. The Morgan fingerprint density at radius 2 is 1.21 bits per heavy atom. The van der Waals surface area contributed by atoms with E-state index in [1.807, 2.05) is 0 Å². The highest BCUT2D eigenvalue weighted by atomic mass is 16.5. The van der Waals surface area contributed by atoms with E-state index in [2.05, 4.69) is 6.92 Å².